The smallest absolute Gasteiger partial charge is 0.309 e. The van der Waals surface area contributed by atoms with Crippen molar-refractivity contribution >= 4 is 23.3 Å². The van der Waals surface area contributed by atoms with Crippen molar-refractivity contribution in [2.45, 2.75) is 38.6 Å². The number of likely N-dealkylation sites (tertiary alicyclic amines) is 1. The summed E-state index contributed by atoms with van der Waals surface area (Å²) in [6, 6.07) is 4.93. The fourth-order valence-corrected chi connectivity index (χ4v) is 5.05. The summed E-state index contributed by atoms with van der Waals surface area (Å²) in [5.41, 5.74) is 1.08. The SMILES string of the molecule is CCOC(=O)C1CCN(C(=O)c2cnn3ccc(N4CCC[C@@H]4c4cc(F)ccc4F)nc23)CC1. The van der Waals surface area contributed by atoms with Crippen molar-refractivity contribution < 1.29 is 23.1 Å². The molecule has 0 aliphatic carbocycles. The van der Waals surface area contributed by atoms with Crippen molar-refractivity contribution in [2.24, 2.45) is 5.92 Å². The first-order chi connectivity index (χ1) is 17.0. The molecule has 2 fully saturated rings. The Morgan fingerprint density at radius 2 is 1.91 bits per heavy atom. The number of anilines is 1. The van der Waals surface area contributed by atoms with Crippen LogP contribution in [0.2, 0.25) is 0 Å². The summed E-state index contributed by atoms with van der Waals surface area (Å²) < 4.78 is 35.0. The number of piperidine rings is 1. The van der Waals surface area contributed by atoms with Gasteiger partial charge in [-0.2, -0.15) is 5.10 Å². The first-order valence-electron chi connectivity index (χ1n) is 12.0. The molecule has 184 valence electrons. The summed E-state index contributed by atoms with van der Waals surface area (Å²) in [5, 5.41) is 4.28. The van der Waals surface area contributed by atoms with Gasteiger partial charge < -0.3 is 14.5 Å². The second kappa shape index (κ2) is 9.59. The number of amides is 1. The fraction of sp³-hybridized carbons (Fsp3) is 0.440. The number of halogens is 2. The third-order valence-corrected chi connectivity index (χ3v) is 6.85. The molecule has 4 heterocycles. The average molecular weight is 484 g/mol. The Kier molecular flexibility index (Phi) is 6.36. The monoisotopic (exact) mass is 483 g/mol. The van der Waals surface area contributed by atoms with Gasteiger partial charge in [-0.15, -0.1) is 0 Å². The van der Waals surface area contributed by atoms with Crippen LogP contribution in [0.25, 0.3) is 5.65 Å². The number of aromatic nitrogens is 3. The third-order valence-electron chi connectivity index (χ3n) is 6.85. The van der Waals surface area contributed by atoms with Gasteiger partial charge in [0.1, 0.15) is 23.0 Å². The highest BCUT2D eigenvalue weighted by atomic mass is 19.1. The van der Waals surface area contributed by atoms with Crippen molar-refractivity contribution in [2.75, 3.05) is 31.1 Å². The van der Waals surface area contributed by atoms with E-state index in [1.165, 1.54) is 16.8 Å². The minimum absolute atomic E-state index is 0.192. The number of ether oxygens (including phenoxy) is 1. The standard InChI is InChI=1S/C25H27F2N5O3/c1-2-35-25(34)16-7-11-30(12-8-16)24(33)19-15-28-32-13-9-22(29-23(19)32)31-10-3-4-21(31)18-14-17(26)5-6-20(18)27/h5-6,9,13-16,21H,2-4,7-8,10-12H2,1H3/t21-/m1/s1. The number of fused-ring (bicyclic) bond motifs is 1. The molecule has 5 rings (SSSR count). The quantitative estimate of drug-likeness (QED) is 0.514. The van der Waals surface area contributed by atoms with E-state index in [0.717, 1.165) is 18.6 Å². The molecule has 0 spiro atoms. The lowest BCUT2D eigenvalue weighted by atomic mass is 9.96. The molecule has 1 atom stereocenters. The normalized spacial score (nSPS) is 18.9. The first kappa shape index (κ1) is 23.2. The molecule has 0 N–H and O–H groups in total. The van der Waals surface area contributed by atoms with Crippen molar-refractivity contribution in [3.63, 3.8) is 0 Å². The lowest BCUT2D eigenvalue weighted by Gasteiger charge is -2.30. The molecular weight excluding hydrogens is 456 g/mol. The number of rotatable bonds is 5. The zero-order chi connectivity index (χ0) is 24.5. The van der Waals surface area contributed by atoms with Gasteiger partial charge in [0.15, 0.2) is 5.65 Å². The molecule has 2 aliphatic rings. The van der Waals surface area contributed by atoms with E-state index in [1.807, 2.05) is 4.90 Å². The highest BCUT2D eigenvalue weighted by molar-refractivity contribution is 6.00. The maximum atomic E-state index is 14.5. The number of hydrogen-bond donors (Lipinski definition) is 0. The Morgan fingerprint density at radius 3 is 2.69 bits per heavy atom. The number of hydrogen-bond acceptors (Lipinski definition) is 6. The Morgan fingerprint density at radius 1 is 1.11 bits per heavy atom. The molecule has 1 amide bonds. The molecule has 10 heteroatoms. The van der Waals surface area contributed by atoms with Gasteiger partial charge in [-0.05, 0) is 56.9 Å². The summed E-state index contributed by atoms with van der Waals surface area (Å²) in [6.07, 6.45) is 5.81. The van der Waals surface area contributed by atoms with Crippen molar-refractivity contribution in [1.29, 1.82) is 0 Å². The largest absolute Gasteiger partial charge is 0.466 e. The predicted molar refractivity (Wildman–Crippen MR) is 124 cm³/mol. The minimum Gasteiger partial charge on any atom is -0.466 e. The van der Waals surface area contributed by atoms with Gasteiger partial charge in [0.25, 0.3) is 5.91 Å². The van der Waals surface area contributed by atoms with Gasteiger partial charge in [0.2, 0.25) is 0 Å². The van der Waals surface area contributed by atoms with E-state index in [1.54, 1.807) is 24.1 Å². The van der Waals surface area contributed by atoms with E-state index in [2.05, 4.69) is 5.10 Å². The number of carbonyl (C=O) groups is 2. The first-order valence-corrected chi connectivity index (χ1v) is 12.0. The number of esters is 1. The molecule has 0 radical (unpaired) electrons. The summed E-state index contributed by atoms with van der Waals surface area (Å²) in [6.45, 7) is 3.67. The lowest BCUT2D eigenvalue weighted by Crippen LogP contribution is -2.40. The van der Waals surface area contributed by atoms with Crippen LogP contribution >= 0.6 is 0 Å². The molecule has 2 saturated heterocycles. The zero-order valence-electron chi connectivity index (χ0n) is 19.5. The van der Waals surface area contributed by atoms with Crippen LogP contribution in [0.4, 0.5) is 14.6 Å². The van der Waals surface area contributed by atoms with Crippen LogP contribution in [0.15, 0.2) is 36.7 Å². The Labute approximate surface area is 201 Å². The molecule has 2 aliphatic heterocycles. The predicted octanol–water partition coefficient (Wildman–Crippen LogP) is 3.76. The maximum Gasteiger partial charge on any atom is 0.309 e. The molecule has 2 aromatic heterocycles. The second-order valence-corrected chi connectivity index (χ2v) is 8.95. The maximum absolute atomic E-state index is 14.5. The van der Waals surface area contributed by atoms with E-state index in [9.17, 15) is 18.4 Å². The average Bonchev–Trinajstić information content (AvgIpc) is 3.52. The topological polar surface area (TPSA) is 80.0 Å². The van der Waals surface area contributed by atoms with Crippen molar-refractivity contribution in [3.8, 4) is 0 Å². The summed E-state index contributed by atoms with van der Waals surface area (Å²) >= 11 is 0. The van der Waals surface area contributed by atoms with Crippen LogP contribution in [0.1, 0.15) is 54.6 Å². The fourth-order valence-electron chi connectivity index (χ4n) is 5.05. The molecule has 0 saturated carbocycles. The van der Waals surface area contributed by atoms with E-state index < -0.39 is 11.6 Å². The van der Waals surface area contributed by atoms with E-state index in [-0.39, 0.29) is 23.8 Å². The molecular formula is C25H27F2N5O3. The molecule has 3 aromatic rings. The van der Waals surface area contributed by atoms with Gasteiger partial charge in [0.05, 0.1) is 24.8 Å². The number of benzene rings is 1. The summed E-state index contributed by atoms with van der Waals surface area (Å²) in [7, 11) is 0. The minimum atomic E-state index is -0.480. The third kappa shape index (κ3) is 4.44. The van der Waals surface area contributed by atoms with E-state index in [0.29, 0.717) is 68.1 Å². The lowest BCUT2D eigenvalue weighted by molar-refractivity contribution is -0.149. The summed E-state index contributed by atoms with van der Waals surface area (Å²) in [5.74, 6) is -0.942. The van der Waals surface area contributed by atoms with Gasteiger partial charge >= 0.3 is 5.97 Å². The van der Waals surface area contributed by atoms with Gasteiger partial charge in [-0.3, -0.25) is 9.59 Å². The highest BCUT2D eigenvalue weighted by Crippen LogP contribution is 2.37. The van der Waals surface area contributed by atoms with Crippen molar-refractivity contribution in [3.05, 3.63) is 59.4 Å². The Hall–Kier alpha value is -3.56. The number of carbonyl (C=O) groups excluding carboxylic acids is 2. The van der Waals surface area contributed by atoms with Gasteiger partial charge in [-0.1, -0.05) is 0 Å². The van der Waals surface area contributed by atoms with Crippen LogP contribution in [0, 0.1) is 17.6 Å². The van der Waals surface area contributed by atoms with Gasteiger partial charge in [0, 0.05) is 31.4 Å². The van der Waals surface area contributed by atoms with E-state index >= 15 is 0 Å². The Balaban J connectivity index is 1.38. The highest BCUT2D eigenvalue weighted by Gasteiger charge is 2.32. The van der Waals surface area contributed by atoms with E-state index in [4.69, 9.17) is 9.72 Å². The van der Waals surface area contributed by atoms with Crippen LogP contribution < -0.4 is 4.90 Å². The molecule has 8 nitrogen and oxygen atoms in total. The second-order valence-electron chi connectivity index (χ2n) is 8.95. The molecule has 0 unspecified atom stereocenters. The molecule has 1 aromatic carbocycles. The van der Waals surface area contributed by atoms with Crippen molar-refractivity contribution in [1.82, 2.24) is 19.5 Å². The van der Waals surface area contributed by atoms with Crippen LogP contribution in [0.3, 0.4) is 0 Å². The zero-order valence-corrected chi connectivity index (χ0v) is 19.5. The van der Waals surface area contributed by atoms with Crippen LogP contribution in [0.5, 0.6) is 0 Å². The number of nitrogens with zero attached hydrogens (tertiary/aromatic N) is 5. The molecule has 0 bridgehead atoms. The van der Waals surface area contributed by atoms with Gasteiger partial charge in [-0.25, -0.2) is 18.3 Å². The summed E-state index contributed by atoms with van der Waals surface area (Å²) in [4.78, 5) is 33.7. The van der Waals surface area contributed by atoms with Crippen LogP contribution in [-0.4, -0.2) is 57.6 Å². The Bertz CT molecular complexity index is 1260. The van der Waals surface area contributed by atoms with Crippen LogP contribution in [-0.2, 0) is 9.53 Å². The molecule has 35 heavy (non-hydrogen) atoms.